The highest BCUT2D eigenvalue weighted by Crippen LogP contribution is 2.30. The zero-order chi connectivity index (χ0) is 17.4. The summed E-state index contributed by atoms with van der Waals surface area (Å²) in [5.74, 6) is 1.14. The zero-order valence-corrected chi connectivity index (χ0v) is 14.3. The van der Waals surface area contributed by atoms with E-state index in [2.05, 4.69) is 15.3 Å². The number of aromatic nitrogens is 2. The molecule has 8 heteroatoms. The summed E-state index contributed by atoms with van der Waals surface area (Å²) in [6.45, 7) is 4.81. The van der Waals surface area contributed by atoms with Crippen molar-refractivity contribution in [2.45, 2.75) is 19.0 Å². The lowest BCUT2D eigenvalue weighted by Gasteiger charge is -2.13. The van der Waals surface area contributed by atoms with Crippen molar-refractivity contribution in [1.29, 1.82) is 0 Å². The molecule has 0 aliphatic heterocycles. The number of hydrogen-bond donors (Lipinski definition) is 2. The predicted octanol–water partition coefficient (Wildman–Crippen LogP) is 2.30. The van der Waals surface area contributed by atoms with Gasteiger partial charge >= 0.3 is 0 Å². The molecule has 2 N–H and O–H groups in total. The van der Waals surface area contributed by atoms with Crippen LogP contribution >= 0.6 is 11.8 Å². The van der Waals surface area contributed by atoms with Crippen LogP contribution in [0.25, 0.3) is 0 Å². The van der Waals surface area contributed by atoms with Crippen molar-refractivity contribution < 1.29 is 14.3 Å². The van der Waals surface area contributed by atoms with Gasteiger partial charge in [-0.2, -0.15) is 0 Å². The quantitative estimate of drug-likeness (QED) is 0.561. The van der Waals surface area contributed by atoms with Gasteiger partial charge < -0.3 is 19.8 Å². The maximum atomic E-state index is 12.0. The summed E-state index contributed by atoms with van der Waals surface area (Å²) in [4.78, 5) is 29.7. The van der Waals surface area contributed by atoms with Gasteiger partial charge in [-0.25, -0.2) is 4.98 Å². The Morgan fingerprint density at radius 1 is 1.21 bits per heavy atom. The third-order valence-electron chi connectivity index (χ3n) is 2.81. The van der Waals surface area contributed by atoms with Crippen LogP contribution in [-0.4, -0.2) is 34.8 Å². The zero-order valence-electron chi connectivity index (χ0n) is 13.5. The van der Waals surface area contributed by atoms with E-state index in [4.69, 9.17) is 9.47 Å². The molecule has 2 aromatic rings. The van der Waals surface area contributed by atoms with Crippen molar-refractivity contribution in [2.75, 3.05) is 24.3 Å². The maximum Gasteiger partial charge on any atom is 0.251 e. The lowest BCUT2D eigenvalue weighted by atomic mass is 10.2. The largest absolute Gasteiger partial charge is 0.490 e. The molecule has 0 atom stereocenters. The molecule has 0 saturated carbocycles. The number of H-pyrrole nitrogens is 1. The van der Waals surface area contributed by atoms with Crippen LogP contribution in [-0.2, 0) is 4.79 Å². The predicted molar refractivity (Wildman–Crippen MR) is 93.0 cm³/mol. The number of carbonyl (C=O) groups is 1. The topological polar surface area (TPSA) is 93.3 Å². The molecule has 0 saturated heterocycles. The first kappa shape index (κ1) is 17.9. The molecule has 0 spiro atoms. The molecule has 1 heterocycles. The van der Waals surface area contributed by atoms with Gasteiger partial charge in [0.15, 0.2) is 16.7 Å². The van der Waals surface area contributed by atoms with E-state index in [0.717, 1.165) is 11.8 Å². The van der Waals surface area contributed by atoms with Crippen LogP contribution in [0.15, 0.2) is 40.4 Å². The van der Waals surface area contributed by atoms with E-state index < -0.39 is 0 Å². The summed E-state index contributed by atoms with van der Waals surface area (Å²) >= 11 is 1.15. The summed E-state index contributed by atoms with van der Waals surface area (Å²) in [6, 6.07) is 6.55. The molecule has 1 aromatic carbocycles. The van der Waals surface area contributed by atoms with Gasteiger partial charge in [0, 0.05) is 24.0 Å². The Bertz CT molecular complexity index is 748. The van der Waals surface area contributed by atoms with Gasteiger partial charge in [0.05, 0.1) is 19.0 Å². The lowest BCUT2D eigenvalue weighted by Crippen LogP contribution is -2.15. The van der Waals surface area contributed by atoms with E-state index >= 15 is 0 Å². The normalized spacial score (nSPS) is 10.2. The third-order valence-corrected chi connectivity index (χ3v) is 3.70. The number of thioether (sulfide) groups is 1. The van der Waals surface area contributed by atoms with Crippen molar-refractivity contribution in [2.24, 2.45) is 0 Å². The molecule has 0 aliphatic carbocycles. The van der Waals surface area contributed by atoms with E-state index in [1.165, 1.54) is 12.3 Å². The fourth-order valence-corrected chi connectivity index (χ4v) is 2.53. The van der Waals surface area contributed by atoms with Crippen LogP contribution in [0.1, 0.15) is 13.8 Å². The van der Waals surface area contributed by atoms with Crippen molar-refractivity contribution in [1.82, 2.24) is 9.97 Å². The van der Waals surface area contributed by atoms with Gasteiger partial charge in [0.2, 0.25) is 5.91 Å². The Labute approximate surface area is 143 Å². The van der Waals surface area contributed by atoms with Crippen molar-refractivity contribution in [3.8, 4) is 11.5 Å². The number of carbonyl (C=O) groups excluding carboxylic acids is 1. The van der Waals surface area contributed by atoms with Crippen LogP contribution in [0.4, 0.5) is 5.69 Å². The first-order chi connectivity index (χ1) is 11.6. The van der Waals surface area contributed by atoms with Crippen molar-refractivity contribution in [3.05, 3.63) is 40.8 Å². The molecule has 0 radical (unpaired) electrons. The molecule has 1 amide bonds. The average molecular weight is 349 g/mol. The van der Waals surface area contributed by atoms with E-state index in [1.54, 1.807) is 18.2 Å². The van der Waals surface area contributed by atoms with Gasteiger partial charge in [-0.1, -0.05) is 11.8 Å². The molecular weight excluding hydrogens is 330 g/mol. The number of benzene rings is 1. The lowest BCUT2D eigenvalue weighted by molar-refractivity contribution is -0.113. The number of amides is 1. The summed E-state index contributed by atoms with van der Waals surface area (Å²) in [5, 5.41) is 3.18. The standard InChI is InChI=1S/C16H19N3O4S/c1-3-22-12-6-5-11(9-13(12)23-4-2)18-15(21)10-24-16-17-8-7-14(20)19-16/h5-9H,3-4,10H2,1-2H3,(H,18,21)(H,17,19,20). The highest BCUT2D eigenvalue weighted by Gasteiger charge is 2.09. The van der Waals surface area contributed by atoms with Crippen LogP contribution in [0.2, 0.25) is 0 Å². The number of rotatable bonds is 8. The van der Waals surface area contributed by atoms with Gasteiger partial charge in [-0.3, -0.25) is 9.59 Å². The molecule has 0 bridgehead atoms. The van der Waals surface area contributed by atoms with E-state index in [-0.39, 0.29) is 17.2 Å². The van der Waals surface area contributed by atoms with E-state index in [0.29, 0.717) is 35.6 Å². The number of hydrogen-bond acceptors (Lipinski definition) is 6. The highest BCUT2D eigenvalue weighted by atomic mass is 32.2. The Morgan fingerprint density at radius 2 is 1.96 bits per heavy atom. The number of nitrogens with zero attached hydrogens (tertiary/aromatic N) is 1. The van der Waals surface area contributed by atoms with Crippen LogP contribution in [0, 0.1) is 0 Å². The average Bonchev–Trinajstić information content (AvgIpc) is 2.56. The highest BCUT2D eigenvalue weighted by molar-refractivity contribution is 7.99. The minimum absolute atomic E-state index is 0.129. The van der Waals surface area contributed by atoms with Gasteiger partial charge in [0.1, 0.15) is 0 Å². The summed E-state index contributed by atoms with van der Waals surface area (Å²) in [6.07, 6.45) is 1.40. The molecule has 0 aliphatic rings. The second-order valence-electron chi connectivity index (χ2n) is 4.60. The summed E-state index contributed by atoms with van der Waals surface area (Å²) in [5.41, 5.74) is 0.364. The minimum Gasteiger partial charge on any atom is -0.490 e. The second kappa shape index (κ2) is 8.97. The monoisotopic (exact) mass is 349 g/mol. The summed E-state index contributed by atoms with van der Waals surface area (Å²) < 4.78 is 11.0. The Kier molecular flexibility index (Phi) is 6.68. The van der Waals surface area contributed by atoms with E-state index in [1.807, 2.05) is 13.8 Å². The Morgan fingerprint density at radius 3 is 2.67 bits per heavy atom. The van der Waals surface area contributed by atoms with Crippen LogP contribution < -0.4 is 20.3 Å². The van der Waals surface area contributed by atoms with Crippen LogP contribution in [0.3, 0.4) is 0 Å². The van der Waals surface area contributed by atoms with Gasteiger partial charge in [-0.15, -0.1) is 0 Å². The SMILES string of the molecule is CCOc1ccc(NC(=O)CSc2nccc(=O)[nH]2)cc1OCC. The molecule has 0 fully saturated rings. The maximum absolute atomic E-state index is 12.0. The summed E-state index contributed by atoms with van der Waals surface area (Å²) in [7, 11) is 0. The van der Waals surface area contributed by atoms with Gasteiger partial charge in [0.25, 0.3) is 5.56 Å². The van der Waals surface area contributed by atoms with Gasteiger partial charge in [-0.05, 0) is 26.0 Å². The van der Waals surface area contributed by atoms with Crippen molar-refractivity contribution >= 4 is 23.4 Å². The molecule has 0 unspecified atom stereocenters. The molecule has 7 nitrogen and oxygen atoms in total. The Hall–Kier alpha value is -2.48. The number of aromatic amines is 1. The van der Waals surface area contributed by atoms with Crippen molar-refractivity contribution in [3.63, 3.8) is 0 Å². The fourth-order valence-electron chi connectivity index (χ4n) is 1.89. The van der Waals surface area contributed by atoms with Crippen LogP contribution in [0.5, 0.6) is 11.5 Å². The molecule has 128 valence electrons. The molecule has 24 heavy (non-hydrogen) atoms. The molecule has 2 rings (SSSR count). The minimum atomic E-state index is -0.249. The number of anilines is 1. The molecular formula is C16H19N3O4S. The fraction of sp³-hybridized carbons (Fsp3) is 0.312. The smallest absolute Gasteiger partial charge is 0.251 e. The molecule has 1 aromatic heterocycles. The number of nitrogens with one attached hydrogen (secondary N) is 2. The first-order valence-electron chi connectivity index (χ1n) is 7.50. The Balaban J connectivity index is 1.97. The number of ether oxygens (including phenoxy) is 2. The third kappa shape index (κ3) is 5.31. The second-order valence-corrected chi connectivity index (χ2v) is 5.57. The van der Waals surface area contributed by atoms with E-state index in [9.17, 15) is 9.59 Å². The first-order valence-corrected chi connectivity index (χ1v) is 8.48.